The standard InChI is InChI=1S/C13H15N3.ClH/c14-11-5-3-6-12(8-11)16-9-10-4-1-2-7-13(10)15;/h1-8,16H,9,14-15H2;1H. The molecular weight excluding hydrogens is 234 g/mol. The molecule has 5 N–H and O–H groups in total. The minimum Gasteiger partial charge on any atom is -0.399 e. The molecule has 4 heteroatoms. The van der Waals surface area contributed by atoms with Gasteiger partial charge in [0.2, 0.25) is 0 Å². The Kier molecular flexibility index (Phi) is 4.67. The third kappa shape index (κ3) is 3.57. The fourth-order valence-corrected chi connectivity index (χ4v) is 1.54. The quantitative estimate of drug-likeness (QED) is 0.733. The number of nitrogens with one attached hydrogen (secondary N) is 1. The molecule has 0 radical (unpaired) electrons. The van der Waals surface area contributed by atoms with Gasteiger partial charge in [-0.05, 0) is 29.8 Å². The van der Waals surface area contributed by atoms with E-state index in [-0.39, 0.29) is 12.4 Å². The van der Waals surface area contributed by atoms with Gasteiger partial charge in [-0.25, -0.2) is 0 Å². The molecule has 0 atom stereocenters. The van der Waals surface area contributed by atoms with E-state index in [0.717, 1.165) is 22.6 Å². The highest BCUT2D eigenvalue weighted by Crippen LogP contribution is 2.15. The van der Waals surface area contributed by atoms with Crippen LogP contribution in [0.4, 0.5) is 17.1 Å². The second kappa shape index (κ2) is 6.01. The number of nitrogens with two attached hydrogens (primary N) is 2. The zero-order valence-electron chi connectivity index (χ0n) is 9.39. The molecule has 90 valence electrons. The van der Waals surface area contributed by atoms with Crippen LogP contribution in [0, 0.1) is 0 Å². The molecule has 0 unspecified atom stereocenters. The molecule has 2 rings (SSSR count). The average molecular weight is 250 g/mol. The number of anilines is 3. The maximum absolute atomic E-state index is 5.85. The van der Waals surface area contributed by atoms with Gasteiger partial charge in [-0.3, -0.25) is 0 Å². The molecule has 0 aliphatic carbocycles. The van der Waals surface area contributed by atoms with Crippen LogP contribution in [0.25, 0.3) is 0 Å². The van der Waals surface area contributed by atoms with E-state index >= 15 is 0 Å². The maximum Gasteiger partial charge on any atom is 0.0421 e. The molecule has 2 aromatic carbocycles. The Hall–Kier alpha value is -1.87. The van der Waals surface area contributed by atoms with Crippen molar-refractivity contribution in [1.29, 1.82) is 0 Å². The van der Waals surface area contributed by atoms with Crippen molar-refractivity contribution in [1.82, 2.24) is 0 Å². The Balaban J connectivity index is 0.00000144. The predicted molar refractivity (Wildman–Crippen MR) is 76.3 cm³/mol. The van der Waals surface area contributed by atoms with E-state index in [4.69, 9.17) is 11.5 Å². The molecule has 2 aromatic rings. The molecule has 17 heavy (non-hydrogen) atoms. The lowest BCUT2D eigenvalue weighted by atomic mass is 10.2. The smallest absolute Gasteiger partial charge is 0.0421 e. The van der Waals surface area contributed by atoms with Crippen molar-refractivity contribution in [3.63, 3.8) is 0 Å². The highest BCUT2D eigenvalue weighted by Gasteiger charge is 1.97. The molecule has 0 spiro atoms. The molecule has 0 heterocycles. The van der Waals surface area contributed by atoms with Crippen molar-refractivity contribution >= 4 is 29.5 Å². The third-order valence-electron chi connectivity index (χ3n) is 2.42. The van der Waals surface area contributed by atoms with Gasteiger partial charge < -0.3 is 16.8 Å². The monoisotopic (exact) mass is 249 g/mol. The van der Waals surface area contributed by atoms with Gasteiger partial charge in [0.1, 0.15) is 0 Å². The number of rotatable bonds is 3. The molecule has 0 aliphatic heterocycles. The normalized spacial score (nSPS) is 9.41. The molecule has 0 bridgehead atoms. The Morgan fingerprint density at radius 2 is 1.71 bits per heavy atom. The van der Waals surface area contributed by atoms with Crippen LogP contribution in [-0.4, -0.2) is 0 Å². The van der Waals surface area contributed by atoms with Crippen LogP contribution >= 0.6 is 12.4 Å². The molecule has 0 aromatic heterocycles. The first-order valence-electron chi connectivity index (χ1n) is 5.18. The second-order valence-corrected chi connectivity index (χ2v) is 3.68. The maximum atomic E-state index is 5.85. The Morgan fingerprint density at radius 1 is 0.941 bits per heavy atom. The summed E-state index contributed by atoms with van der Waals surface area (Å²) in [4.78, 5) is 0. The van der Waals surface area contributed by atoms with Crippen LogP contribution in [-0.2, 0) is 6.54 Å². The first kappa shape index (κ1) is 13.2. The van der Waals surface area contributed by atoms with Gasteiger partial charge >= 0.3 is 0 Å². The summed E-state index contributed by atoms with van der Waals surface area (Å²) < 4.78 is 0. The number of halogens is 1. The van der Waals surface area contributed by atoms with E-state index in [2.05, 4.69) is 5.32 Å². The summed E-state index contributed by atoms with van der Waals surface area (Å²) in [6, 6.07) is 15.5. The highest BCUT2D eigenvalue weighted by molar-refractivity contribution is 5.85. The lowest BCUT2D eigenvalue weighted by Crippen LogP contribution is -2.02. The summed E-state index contributed by atoms with van der Waals surface area (Å²) in [6.07, 6.45) is 0. The topological polar surface area (TPSA) is 64.1 Å². The third-order valence-corrected chi connectivity index (χ3v) is 2.42. The van der Waals surface area contributed by atoms with E-state index < -0.39 is 0 Å². The minimum absolute atomic E-state index is 0. The van der Waals surface area contributed by atoms with Crippen LogP contribution in [0.2, 0.25) is 0 Å². The molecular formula is C13H16ClN3. The number of benzene rings is 2. The minimum atomic E-state index is 0. The number of hydrogen-bond acceptors (Lipinski definition) is 3. The SMILES string of the molecule is Cl.Nc1cccc(NCc2ccccc2N)c1. The van der Waals surface area contributed by atoms with E-state index in [1.54, 1.807) is 0 Å². The summed E-state index contributed by atoms with van der Waals surface area (Å²) in [7, 11) is 0. The number of nitrogen functional groups attached to an aromatic ring is 2. The average Bonchev–Trinajstić information content (AvgIpc) is 2.28. The van der Waals surface area contributed by atoms with Crippen LogP contribution in [0.3, 0.4) is 0 Å². The molecule has 0 saturated heterocycles. The Labute approximate surface area is 107 Å². The summed E-state index contributed by atoms with van der Waals surface area (Å²) in [5, 5.41) is 3.28. The van der Waals surface area contributed by atoms with Crippen molar-refractivity contribution in [3.8, 4) is 0 Å². The molecule has 0 aliphatic rings. The first-order valence-corrected chi connectivity index (χ1v) is 5.18. The van der Waals surface area contributed by atoms with Crippen molar-refractivity contribution in [2.45, 2.75) is 6.54 Å². The van der Waals surface area contributed by atoms with Gasteiger partial charge in [-0.1, -0.05) is 24.3 Å². The van der Waals surface area contributed by atoms with E-state index in [1.807, 2.05) is 48.5 Å². The number of hydrogen-bond donors (Lipinski definition) is 3. The van der Waals surface area contributed by atoms with Crippen molar-refractivity contribution in [2.75, 3.05) is 16.8 Å². The van der Waals surface area contributed by atoms with Crippen molar-refractivity contribution in [3.05, 3.63) is 54.1 Å². The fraction of sp³-hybridized carbons (Fsp3) is 0.0769. The molecule has 3 nitrogen and oxygen atoms in total. The lowest BCUT2D eigenvalue weighted by Gasteiger charge is -2.09. The van der Waals surface area contributed by atoms with E-state index in [9.17, 15) is 0 Å². The Bertz CT molecular complexity index is 486. The zero-order chi connectivity index (χ0) is 11.4. The van der Waals surface area contributed by atoms with Gasteiger partial charge in [0.25, 0.3) is 0 Å². The summed E-state index contributed by atoms with van der Waals surface area (Å²) in [6.45, 7) is 0.704. The summed E-state index contributed by atoms with van der Waals surface area (Å²) >= 11 is 0. The first-order chi connectivity index (χ1) is 7.75. The van der Waals surface area contributed by atoms with Gasteiger partial charge in [-0.15, -0.1) is 12.4 Å². The van der Waals surface area contributed by atoms with Crippen LogP contribution in [0.5, 0.6) is 0 Å². The zero-order valence-corrected chi connectivity index (χ0v) is 10.2. The van der Waals surface area contributed by atoms with Gasteiger partial charge in [-0.2, -0.15) is 0 Å². The lowest BCUT2D eigenvalue weighted by molar-refractivity contribution is 1.15. The van der Waals surface area contributed by atoms with Crippen LogP contribution in [0.15, 0.2) is 48.5 Å². The summed E-state index contributed by atoms with van der Waals surface area (Å²) in [5.41, 5.74) is 15.2. The van der Waals surface area contributed by atoms with Crippen LogP contribution < -0.4 is 16.8 Å². The van der Waals surface area contributed by atoms with Crippen LogP contribution in [0.1, 0.15) is 5.56 Å². The van der Waals surface area contributed by atoms with E-state index in [1.165, 1.54) is 0 Å². The van der Waals surface area contributed by atoms with Gasteiger partial charge in [0, 0.05) is 23.6 Å². The van der Waals surface area contributed by atoms with Crippen molar-refractivity contribution in [2.24, 2.45) is 0 Å². The van der Waals surface area contributed by atoms with Gasteiger partial charge in [0.05, 0.1) is 0 Å². The second-order valence-electron chi connectivity index (χ2n) is 3.68. The highest BCUT2D eigenvalue weighted by atomic mass is 35.5. The molecule has 0 fully saturated rings. The van der Waals surface area contributed by atoms with Crippen molar-refractivity contribution < 1.29 is 0 Å². The number of para-hydroxylation sites is 1. The molecule has 0 amide bonds. The Morgan fingerprint density at radius 3 is 2.41 bits per heavy atom. The largest absolute Gasteiger partial charge is 0.399 e. The fourth-order valence-electron chi connectivity index (χ4n) is 1.54. The summed E-state index contributed by atoms with van der Waals surface area (Å²) in [5.74, 6) is 0. The van der Waals surface area contributed by atoms with Gasteiger partial charge in [0.15, 0.2) is 0 Å². The molecule has 0 saturated carbocycles. The van der Waals surface area contributed by atoms with E-state index in [0.29, 0.717) is 6.54 Å². The predicted octanol–water partition coefficient (Wildman–Crippen LogP) is 2.88.